The van der Waals surface area contributed by atoms with E-state index in [1.54, 1.807) is 18.2 Å². The Kier molecular flexibility index (Phi) is 6.22. The van der Waals surface area contributed by atoms with Crippen molar-refractivity contribution in [2.24, 2.45) is 5.73 Å². The van der Waals surface area contributed by atoms with Gasteiger partial charge in [-0.1, -0.05) is 29.8 Å². The van der Waals surface area contributed by atoms with E-state index in [2.05, 4.69) is 0 Å². The average molecular weight is 451 g/mol. The highest BCUT2D eigenvalue weighted by molar-refractivity contribution is 6.31. The first-order valence-electron chi connectivity index (χ1n) is 9.32. The summed E-state index contributed by atoms with van der Waals surface area (Å²) in [6, 6.07) is 8.85. The molecule has 0 saturated carbocycles. The maximum atomic E-state index is 13.0. The van der Waals surface area contributed by atoms with Gasteiger partial charge in [0.2, 0.25) is 5.91 Å². The summed E-state index contributed by atoms with van der Waals surface area (Å²) in [4.78, 5) is 36.9. The number of primary amides is 1. The minimum absolute atomic E-state index is 0.0567. The molecule has 2 aromatic carbocycles. The van der Waals surface area contributed by atoms with Gasteiger partial charge in [-0.05, 0) is 48.6 Å². The van der Waals surface area contributed by atoms with Crippen LogP contribution in [0.1, 0.15) is 40.9 Å². The van der Waals surface area contributed by atoms with Crippen LogP contribution in [0.15, 0.2) is 53.5 Å². The van der Waals surface area contributed by atoms with Crippen molar-refractivity contribution in [3.63, 3.8) is 0 Å². The van der Waals surface area contributed by atoms with Crippen molar-refractivity contribution in [2.45, 2.75) is 32.0 Å². The van der Waals surface area contributed by atoms with Gasteiger partial charge >= 0.3 is 6.18 Å². The number of nitrogens with zero attached hydrogens (tertiary/aromatic N) is 1. The predicted molar refractivity (Wildman–Crippen MR) is 111 cm³/mol. The van der Waals surface area contributed by atoms with Crippen molar-refractivity contribution >= 4 is 34.1 Å². The molecular weight excluding hydrogens is 433 g/mol. The molecule has 0 fully saturated rings. The topological polar surface area (TPSA) is 82.2 Å². The van der Waals surface area contributed by atoms with Crippen molar-refractivity contribution in [2.75, 3.05) is 0 Å². The summed E-state index contributed by atoms with van der Waals surface area (Å²) in [5, 5.41) is 0.239. The highest BCUT2D eigenvalue weighted by Crippen LogP contribution is 2.35. The number of carbonyl (C=O) groups is 2. The van der Waals surface area contributed by atoms with E-state index in [0.717, 1.165) is 12.1 Å². The van der Waals surface area contributed by atoms with Gasteiger partial charge < -0.3 is 10.3 Å². The average Bonchev–Trinajstić information content (AvgIpc) is 2.71. The number of ketones is 1. The number of alkyl halides is 3. The van der Waals surface area contributed by atoms with Crippen molar-refractivity contribution in [1.82, 2.24) is 4.57 Å². The molecule has 31 heavy (non-hydrogen) atoms. The third kappa shape index (κ3) is 4.64. The first-order valence-corrected chi connectivity index (χ1v) is 9.70. The van der Waals surface area contributed by atoms with E-state index >= 15 is 0 Å². The molecule has 1 heterocycles. The second-order valence-electron chi connectivity index (χ2n) is 7.11. The second kappa shape index (κ2) is 8.55. The summed E-state index contributed by atoms with van der Waals surface area (Å²) >= 11 is 5.63. The summed E-state index contributed by atoms with van der Waals surface area (Å²) in [6.07, 6.45) is -3.18. The Morgan fingerprint density at radius 1 is 1.13 bits per heavy atom. The zero-order valence-electron chi connectivity index (χ0n) is 16.4. The maximum Gasteiger partial charge on any atom is 0.417 e. The number of hydrogen-bond donors (Lipinski definition) is 1. The van der Waals surface area contributed by atoms with Crippen LogP contribution in [0.25, 0.3) is 10.8 Å². The van der Waals surface area contributed by atoms with E-state index in [1.165, 1.54) is 29.8 Å². The van der Waals surface area contributed by atoms with Crippen LogP contribution in [0.5, 0.6) is 0 Å². The molecule has 0 unspecified atom stereocenters. The fourth-order valence-corrected chi connectivity index (χ4v) is 3.54. The normalized spacial score (nSPS) is 12.7. The molecule has 0 bridgehead atoms. The third-order valence-corrected chi connectivity index (χ3v) is 5.41. The van der Waals surface area contributed by atoms with Crippen LogP contribution in [0.3, 0.4) is 0 Å². The van der Waals surface area contributed by atoms with Gasteiger partial charge in [0.25, 0.3) is 5.56 Å². The number of halogens is 4. The molecule has 1 amide bonds. The van der Waals surface area contributed by atoms with Gasteiger partial charge in [-0.25, -0.2) is 0 Å². The summed E-state index contributed by atoms with van der Waals surface area (Å²) in [5.41, 5.74) is 4.45. The van der Waals surface area contributed by atoms with Crippen LogP contribution in [-0.4, -0.2) is 16.3 Å². The first kappa shape index (κ1) is 22.6. The Morgan fingerprint density at radius 2 is 1.84 bits per heavy atom. The van der Waals surface area contributed by atoms with Gasteiger partial charge in [-0.15, -0.1) is 0 Å². The number of nitrogens with two attached hydrogens (primary N) is 1. The van der Waals surface area contributed by atoms with Gasteiger partial charge in [0.1, 0.15) is 6.04 Å². The Balaban J connectivity index is 1.89. The summed E-state index contributed by atoms with van der Waals surface area (Å²) < 4.78 is 40.3. The number of amides is 1. The zero-order valence-corrected chi connectivity index (χ0v) is 17.1. The summed E-state index contributed by atoms with van der Waals surface area (Å²) in [6.45, 7) is 1.49. The molecule has 0 spiro atoms. The lowest BCUT2D eigenvalue weighted by molar-refractivity contribution is -0.137. The van der Waals surface area contributed by atoms with Crippen molar-refractivity contribution in [1.29, 1.82) is 0 Å². The van der Waals surface area contributed by atoms with Crippen molar-refractivity contribution < 1.29 is 22.8 Å². The monoisotopic (exact) mass is 450 g/mol. The van der Waals surface area contributed by atoms with Gasteiger partial charge in [0.05, 0.1) is 10.6 Å². The van der Waals surface area contributed by atoms with Gasteiger partial charge in [-0.2, -0.15) is 13.2 Å². The van der Waals surface area contributed by atoms with Crippen molar-refractivity contribution in [3.05, 3.63) is 80.7 Å². The maximum absolute atomic E-state index is 13.0. The molecule has 3 rings (SSSR count). The lowest BCUT2D eigenvalue weighted by Crippen LogP contribution is -2.31. The van der Waals surface area contributed by atoms with Gasteiger partial charge in [0.15, 0.2) is 5.78 Å². The number of aryl methyl sites for hydroxylation is 1. The molecule has 2 N–H and O–H groups in total. The Labute approximate surface area is 180 Å². The fraction of sp³-hybridized carbons (Fsp3) is 0.227. The van der Waals surface area contributed by atoms with E-state index < -0.39 is 34.3 Å². The molecule has 9 heteroatoms. The predicted octanol–water partition coefficient (Wildman–Crippen LogP) is 4.54. The SMILES string of the molecule is C[C@H](C(N)=O)n1ccc2c(C(=O)CCc3ccc(Cl)c(C(F)(F)F)c3)cccc2c1=O. The molecule has 0 radical (unpaired) electrons. The third-order valence-electron chi connectivity index (χ3n) is 5.08. The van der Waals surface area contributed by atoms with E-state index in [4.69, 9.17) is 17.3 Å². The fourth-order valence-electron chi connectivity index (χ4n) is 3.32. The van der Waals surface area contributed by atoms with E-state index in [-0.39, 0.29) is 29.6 Å². The number of carbonyl (C=O) groups excluding carboxylic acids is 2. The molecule has 162 valence electrons. The molecule has 5 nitrogen and oxygen atoms in total. The van der Waals surface area contributed by atoms with Gasteiger partial charge in [-0.3, -0.25) is 14.4 Å². The highest BCUT2D eigenvalue weighted by atomic mass is 35.5. The first-order chi connectivity index (χ1) is 14.5. The molecule has 0 aliphatic carbocycles. The number of aromatic nitrogens is 1. The quantitative estimate of drug-likeness (QED) is 0.560. The highest BCUT2D eigenvalue weighted by Gasteiger charge is 2.33. The lowest BCUT2D eigenvalue weighted by Gasteiger charge is -2.14. The Bertz CT molecular complexity index is 1230. The van der Waals surface area contributed by atoms with Crippen LogP contribution in [0.2, 0.25) is 5.02 Å². The largest absolute Gasteiger partial charge is 0.417 e. The summed E-state index contributed by atoms with van der Waals surface area (Å²) in [7, 11) is 0. The molecule has 1 aromatic heterocycles. The molecule has 0 aliphatic rings. The molecule has 0 aliphatic heterocycles. The lowest BCUT2D eigenvalue weighted by atomic mass is 9.97. The molecular formula is C22H18ClF3N2O3. The zero-order chi connectivity index (χ0) is 22.9. The minimum Gasteiger partial charge on any atom is -0.368 e. The minimum atomic E-state index is -4.59. The summed E-state index contributed by atoms with van der Waals surface area (Å²) in [5.74, 6) is -0.996. The second-order valence-corrected chi connectivity index (χ2v) is 7.52. The molecule has 0 saturated heterocycles. The Hall–Kier alpha value is -3.13. The smallest absolute Gasteiger partial charge is 0.368 e. The van der Waals surface area contributed by atoms with E-state index in [0.29, 0.717) is 10.9 Å². The number of Topliss-reactive ketones (excluding diaryl/α,β-unsaturated/α-hetero) is 1. The number of rotatable bonds is 6. The van der Waals surface area contributed by atoms with Crippen LogP contribution in [0, 0.1) is 0 Å². The number of fused-ring (bicyclic) bond motifs is 1. The number of benzene rings is 2. The molecule has 1 atom stereocenters. The van der Waals surface area contributed by atoms with Crippen LogP contribution < -0.4 is 11.3 Å². The van der Waals surface area contributed by atoms with Crippen molar-refractivity contribution in [3.8, 4) is 0 Å². The van der Waals surface area contributed by atoms with Crippen LogP contribution in [-0.2, 0) is 17.4 Å². The van der Waals surface area contributed by atoms with Gasteiger partial charge in [0, 0.05) is 23.6 Å². The van der Waals surface area contributed by atoms with E-state index in [1.807, 2.05) is 0 Å². The number of pyridine rings is 1. The standard InChI is InChI=1S/C22H18ClF3N2O3/c1-12(20(27)30)28-10-9-14-15(3-2-4-16(14)21(28)31)19(29)8-6-13-5-7-18(23)17(11-13)22(24,25)26/h2-5,7,9-12H,6,8H2,1H3,(H2,27,30)/t12-/m1/s1. The van der Waals surface area contributed by atoms with Crippen LogP contribution >= 0.6 is 11.6 Å². The van der Waals surface area contributed by atoms with Crippen LogP contribution in [0.4, 0.5) is 13.2 Å². The molecule has 3 aromatic rings. The van der Waals surface area contributed by atoms with E-state index in [9.17, 15) is 27.6 Å². The number of hydrogen-bond acceptors (Lipinski definition) is 3. The Morgan fingerprint density at radius 3 is 2.48 bits per heavy atom.